The third kappa shape index (κ3) is 5.50. The molecule has 8 heteroatoms. The van der Waals surface area contributed by atoms with Crippen LogP contribution < -0.4 is 5.32 Å². The fourth-order valence-corrected chi connectivity index (χ4v) is 5.68. The number of aryl methyl sites for hydroxylation is 2. The van der Waals surface area contributed by atoms with E-state index < -0.39 is 0 Å². The highest BCUT2D eigenvalue weighted by Crippen LogP contribution is 2.26. The van der Waals surface area contributed by atoms with Crippen LogP contribution in [0.4, 0.5) is 10.1 Å². The number of amides is 1. The van der Waals surface area contributed by atoms with E-state index in [2.05, 4.69) is 32.5 Å². The number of carbonyl (C=O) groups is 1. The van der Waals surface area contributed by atoms with Crippen LogP contribution in [0, 0.1) is 5.82 Å². The van der Waals surface area contributed by atoms with Crippen LogP contribution in [0.15, 0.2) is 47.6 Å². The lowest BCUT2D eigenvalue weighted by atomic mass is 10.1. The number of nitrogens with one attached hydrogen (secondary N) is 1. The Labute approximate surface area is 203 Å². The first-order valence-corrected chi connectivity index (χ1v) is 13.1. The molecule has 178 valence electrons. The van der Waals surface area contributed by atoms with Crippen molar-refractivity contribution in [3.8, 4) is 5.69 Å². The van der Waals surface area contributed by atoms with Gasteiger partial charge in [0.25, 0.3) is 0 Å². The first-order chi connectivity index (χ1) is 16.7. The normalized spacial score (nSPS) is 15.9. The van der Waals surface area contributed by atoms with Crippen LogP contribution in [-0.2, 0) is 24.2 Å². The lowest BCUT2D eigenvalue weighted by Crippen LogP contribution is -2.30. The Kier molecular flexibility index (Phi) is 7.25. The Hall–Kier alpha value is -2.71. The molecule has 2 aromatic carbocycles. The molecule has 1 aromatic heterocycles. The summed E-state index contributed by atoms with van der Waals surface area (Å²) in [7, 11) is 0. The zero-order valence-corrected chi connectivity index (χ0v) is 20.1. The van der Waals surface area contributed by atoms with Crippen LogP contribution >= 0.6 is 11.8 Å². The van der Waals surface area contributed by atoms with Crippen molar-refractivity contribution in [2.24, 2.45) is 0 Å². The zero-order valence-electron chi connectivity index (χ0n) is 19.3. The summed E-state index contributed by atoms with van der Waals surface area (Å²) in [5.74, 6) is 1.15. The minimum absolute atomic E-state index is 0.00756. The molecule has 5 rings (SSSR count). The first kappa shape index (κ1) is 23.1. The number of nitrogens with zero attached hydrogens (tertiary/aromatic N) is 4. The monoisotopic (exact) mass is 479 g/mol. The Morgan fingerprint density at radius 3 is 2.59 bits per heavy atom. The van der Waals surface area contributed by atoms with Crippen molar-refractivity contribution in [3.05, 3.63) is 65.2 Å². The smallest absolute Gasteiger partial charge is 0.225 e. The number of fused-ring (bicyclic) bond motifs is 1. The summed E-state index contributed by atoms with van der Waals surface area (Å²) in [6.07, 6.45) is 7.47. The van der Waals surface area contributed by atoms with Crippen LogP contribution in [0.1, 0.15) is 49.1 Å². The molecule has 0 saturated carbocycles. The predicted molar refractivity (Wildman–Crippen MR) is 133 cm³/mol. The molecule has 1 N–H and O–H groups in total. The van der Waals surface area contributed by atoms with Crippen LogP contribution in [0.3, 0.4) is 0 Å². The molecular weight excluding hydrogens is 449 g/mol. The Morgan fingerprint density at radius 2 is 1.76 bits per heavy atom. The largest absolute Gasteiger partial charge is 0.326 e. The highest BCUT2D eigenvalue weighted by Gasteiger charge is 2.19. The van der Waals surface area contributed by atoms with Gasteiger partial charge in [0.15, 0.2) is 11.0 Å². The van der Waals surface area contributed by atoms with Gasteiger partial charge < -0.3 is 5.32 Å². The number of anilines is 1. The van der Waals surface area contributed by atoms with Gasteiger partial charge in [-0.2, -0.15) is 0 Å². The van der Waals surface area contributed by atoms with E-state index in [1.807, 2.05) is 10.6 Å². The Bertz CT molecular complexity index is 1140. The SMILES string of the molecule is O=C(CCSc1nnc(CN2CCCCC2)n1-c1ccc(F)cc1)Nc1ccc2c(c1)CCC2. The lowest BCUT2D eigenvalue weighted by molar-refractivity contribution is -0.115. The first-order valence-electron chi connectivity index (χ1n) is 12.1. The molecule has 6 nitrogen and oxygen atoms in total. The topological polar surface area (TPSA) is 63.1 Å². The minimum Gasteiger partial charge on any atom is -0.326 e. The van der Waals surface area contributed by atoms with Crippen LogP contribution in [-0.4, -0.2) is 44.4 Å². The maximum atomic E-state index is 13.5. The molecule has 1 aliphatic carbocycles. The van der Waals surface area contributed by atoms with E-state index in [9.17, 15) is 9.18 Å². The van der Waals surface area contributed by atoms with E-state index in [4.69, 9.17) is 0 Å². The van der Waals surface area contributed by atoms with Gasteiger partial charge in [-0.15, -0.1) is 10.2 Å². The highest BCUT2D eigenvalue weighted by molar-refractivity contribution is 7.99. The number of piperidine rings is 1. The molecule has 1 aliphatic heterocycles. The van der Waals surface area contributed by atoms with Crippen molar-refractivity contribution >= 4 is 23.4 Å². The summed E-state index contributed by atoms with van der Waals surface area (Å²) in [6.45, 7) is 2.83. The molecule has 0 spiro atoms. The Balaban J connectivity index is 1.24. The minimum atomic E-state index is -0.271. The molecule has 34 heavy (non-hydrogen) atoms. The Morgan fingerprint density at radius 1 is 0.971 bits per heavy atom. The summed E-state index contributed by atoms with van der Waals surface area (Å²) in [5, 5.41) is 12.6. The summed E-state index contributed by atoms with van der Waals surface area (Å²) >= 11 is 1.50. The van der Waals surface area contributed by atoms with Crippen LogP contribution in [0.2, 0.25) is 0 Å². The van der Waals surface area contributed by atoms with Crippen molar-refractivity contribution in [3.63, 3.8) is 0 Å². The standard InChI is InChI=1S/C26H30FN5OS/c27-21-8-11-23(12-9-21)32-24(18-31-14-2-1-3-15-31)29-30-26(32)34-16-13-25(33)28-22-10-7-19-5-4-6-20(19)17-22/h7-12,17H,1-6,13-16,18H2,(H,28,33). The van der Waals surface area contributed by atoms with Crippen molar-refractivity contribution in [2.75, 3.05) is 24.2 Å². The molecule has 1 amide bonds. The predicted octanol–water partition coefficient (Wildman–Crippen LogP) is 5.00. The van der Waals surface area contributed by atoms with Crippen molar-refractivity contribution < 1.29 is 9.18 Å². The fraction of sp³-hybridized carbons (Fsp3) is 0.423. The van der Waals surface area contributed by atoms with E-state index >= 15 is 0 Å². The fourth-order valence-electron chi connectivity index (χ4n) is 4.77. The zero-order chi connectivity index (χ0) is 23.3. The molecular formula is C26H30FN5OS. The highest BCUT2D eigenvalue weighted by atomic mass is 32.2. The molecule has 2 aliphatic rings. The number of aromatic nitrogens is 3. The number of rotatable bonds is 8. The average molecular weight is 480 g/mol. The van der Waals surface area contributed by atoms with Gasteiger partial charge in [-0.05, 0) is 92.7 Å². The van der Waals surface area contributed by atoms with Gasteiger partial charge in [0.05, 0.1) is 6.54 Å². The number of benzene rings is 2. The van der Waals surface area contributed by atoms with Crippen molar-refractivity contribution in [1.29, 1.82) is 0 Å². The third-order valence-corrected chi connectivity index (χ3v) is 7.47. The van der Waals surface area contributed by atoms with Gasteiger partial charge in [0, 0.05) is 23.5 Å². The summed E-state index contributed by atoms with van der Waals surface area (Å²) in [4.78, 5) is 14.9. The van der Waals surface area contributed by atoms with Crippen molar-refractivity contribution in [1.82, 2.24) is 19.7 Å². The second-order valence-electron chi connectivity index (χ2n) is 9.03. The molecule has 0 radical (unpaired) electrons. The van der Waals surface area contributed by atoms with Gasteiger partial charge in [-0.25, -0.2) is 4.39 Å². The number of carbonyl (C=O) groups excluding carboxylic acids is 1. The number of hydrogen-bond donors (Lipinski definition) is 1. The molecule has 1 saturated heterocycles. The molecule has 0 bridgehead atoms. The summed E-state index contributed by atoms with van der Waals surface area (Å²) in [6, 6.07) is 12.6. The number of halogens is 1. The maximum absolute atomic E-state index is 13.5. The van der Waals surface area contributed by atoms with Crippen molar-refractivity contribution in [2.45, 2.75) is 56.6 Å². The van der Waals surface area contributed by atoms with Gasteiger partial charge in [0.1, 0.15) is 5.82 Å². The van der Waals surface area contributed by atoms with E-state index in [1.165, 1.54) is 60.7 Å². The van der Waals surface area contributed by atoms with Gasteiger partial charge in [0.2, 0.25) is 5.91 Å². The second-order valence-corrected chi connectivity index (χ2v) is 10.1. The van der Waals surface area contributed by atoms with Gasteiger partial charge >= 0.3 is 0 Å². The van der Waals surface area contributed by atoms with Gasteiger partial charge in [-0.3, -0.25) is 14.3 Å². The second kappa shape index (κ2) is 10.7. The lowest BCUT2D eigenvalue weighted by Gasteiger charge is -2.26. The average Bonchev–Trinajstić information content (AvgIpc) is 3.47. The van der Waals surface area contributed by atoms with Crippen LogP contribution in [0.25, 0.3) is 5.69 Å². The molecule has 1 fully saturated rings. The number of likely N-dealkylation sites (tertiary alicyclic amines) is 1. The van der Waals surface area contributed by atoms with Crippen LogP contribution in [0.5, 0.6) is 0 Å². The molecule has 0 unspecified atom stereocenters. The summed E-state index contributed by atoms with van der Waals surface area (Å²) in [5.41, 5.74) is 4.45. The molecule has 2 heterocycles. The van der Waals surface area contributed by atoms with E-state index in [0.717, 1.165) is 48.3 Å². The van der Waals surface area contributed by atoms with E-state index in [0.29, 0.717) is 18.7 Å². The quantitative estimate of drug-likeness (QED) is 0.461. The molecule has 0 atom stereocenters. The third-order valence-electron chi connectivity index (χ3n) is 6.54. The maximum Gasteiger partial charge on any atom is 0.225 e. The number of thioether (sulfide) groups is 1. The van der Waals surface area contributed by atoms with Gasteiger partial charge in [-0.1, -0.05) is 24.2 Å². The summed E-state index contributed by atoms with van der Waals surface area (Å²) < 4.78 is 15.5. The molecule has 3 aromatic rings. The van der Waals surface area contributed by atoms with E-state index in [-0.39, 0.29) is 11.7 Å². The number of hydrogen-bond acceptors (Lipinski definition) is 5. The van der Waals surface area contributed by atoms with E-state index in [1.54, 1.807) is 12.1 Å².